The fourth-order valence-corrected chi connectivity index (χ4v) is 4.04. The van der Waals surface area contributed by atoms with Crippen LogP contribution in [0.3, 0.4) is 0 Å². The predicted octanol–water partition coefficient (Wildman–Crippen LogP) is 1.60. The van der Waals surface area contributed by atoms with Gasteiger partial charge in [-0.05, 0) is 43.3 Å². The Hall–Kier alpha value is -4.21. The maximum absolute atomic E-state index is 12.5. The normalized spacial score (nSPS) is 11.8. The molecule has 1 amide bonds. The number of esters is 1. The highest BCUT2D eigenvalue weighted by Crippen LogP contribution is 2.19. The molecule has 11 nitrogen and oxygen atoms in total. The summed E-state index contributed by atoms with van der Waals surface area (Å²) >= 11 is 0. The second-order valence-corrected chi connectivity index (χ2v) is 8.65. The first-order valence-corrected chi connectivity index (χ1v) is 11.4. The number of nitriles is 1. The van der Waals surface area contributed by atoms with Crippen molar-refractivity contribution >= 4 is 27.7 Å². The smallest absolute Gasteiger partial charge is 0.324 e. The molecular weight excluding hydrogens is 462 g/mol. The van der Waals surface area contributed by atoms with E-state index in [-0.39, 0.29) is 16.3 Å². The van der Waals surface area contributed by atoms with Gasteiger partial charge in [-0.1, -0.05) is 18.2 Å². The third-order valence-electron chi connectivity index (χ3n) is 4.55. The lowest BCUT2D eigenvalue weighted by atomic mass is 10.3. The molecule has 12 heteroatoms. The van der Waals surface area contributed by atoms with Crippen LogP contribution in [0.25, 0.3) is 5.69 Å². The van der Waals surface area contributed by atoms with Crippen LogP contribution in [-0.2, 0) is 24.3 Å². The number of nitrogens with zero attached hydrogens (tertiary/aromatic N) is 3. The molecule has 2 N–H and O–H groups in total. The average molecular weight is 484 g/mol. The highest BCUT2D eigenvalue weighted by Gasteiger charge is 2.24. The number of para-hydroxylation sites is 1. The number of rotatable bonds is 9. The van der Waals surface area contributed by atoms with Gasteiger partial charge in [0.15, 0.2) is 12.4 Å². The van der Waals surface area contributed by atoms with Crippen molar-refractivity contribution in [2.45, 2.75) is 17.9 Å². The van der Waals surface area contributed by atoms with Gasteiger partial charge in [0.1, 0.15) is 23.4 Å². The number of benzene rings is 2. The van der Waals surface area contributed by atoms with Gasteiger partial charge in [0.2, 0.25) is 10.0 Å². The molecule has 0 spiro atoms. The lowest BCUT2D eigenvalue weighted by Gasteiger charge is -2.14. The summed E-state index contributed by atoms with van der Waals surface area (Å²) in [7, 11) is -2.56. The zero-order valence-electron chi connectivity index (χ0n) is 18.3. The van der Waals surface area contributed by atoms with E-state index in [1.807, 2.05) is 6.07 Å². The fourth-order valence-electron chi connectivity index (χ4n) is 2.85. The number of aromatic nitrogens is 2. The molecule has 1 heterocycles. The van der Waals surface area contributed by atoms with Crippen LogP contribution in [0.4, 0.5) is 5.82 Å². The first-order chi connectivity index (χ1) is 16.2. The molecule has 1 atom stereocenters. The van der Waals surface area contributed by atoms with Gasteiger partial charge in [-0.3, -0.25) is 9.59 Å². The van der Waals surface area contributed by atoms with E-state index < -0.39 is 34.5 Å². The molecule has 34 heavy (non-hydrogen) atoms. The van der Waals surface area contributed by atoms with E-state index in [1.54, 1.807) is 30.3 Å². The number of hydrogen-bond acceptors (Lipinski definition) is 8. The van der Waals surface area contributed by atoms with Gasteiger partial charge in [0.05, 0.1) is 23.9 Å². The zero-order chi connectivity index (χ0) is 24.7. The second kappa shape index (κ2) is 10.6. The number of methoxy groups -OCH3 is 1. The van der Waals surface area contributed by atoms with Crippen LogP contribution in [0.2, 0.25) is 0 Å². The number of hydrogen-bond donors (Lipinski definition) is 2. The Kier molecular flexibility index (Phi) is 7.62. The lowest BCUT2D eigenvalue weighted by Crippen LogP contribution is -2.40. The molecule has 0 aliphatic heterocycles. The molecular formula is C22H21N5O6S. The van der Waals surface area contributed by atoms with Crippen LogP contribution >= 0.6 is 0 Å². The van der Waals surface area contributed by atoms with Gasteiger partial charge in [-0.15, -0.1) is 0 Å². The number of ether oxygens (including phenoxy) is 2. The summed E-state index contributed by atoms with van der Waals surface area (Å²) in [6, 6.07) is 15.1. The molecule has 0 saturated carbocycles. The van der Waals surface area contributed by atoms with Crippen molar-refractivity contribution in [2.75, 3.05) is 19.0 Å². The van der Waals surface area contributed by atoms with E-state index in [4.69, 9.17) is 9.47 Å². The minimum atomic E-state index is -4.01. The summed E-state index contributed by atoms with van der Waals surface area (Å²) < 4.78 is 38.4. The molecule has 0 saturated heterocycles. The Labute approximate surface area is 196 Å². The van der Waals surface area contributed by atoms with Crippen molar-refractivity contribution in [3.05, 3.63) is 66.4 Å². The van der Waals surface area contributed by atoms with Crippen molar-refractivity contribution in [1.29, 1.82) is 5.26 Å². The van der Waals surface area contributed by atoms with Crippen molar-refractivity contribution in [3.63, 3.8) is 0 Å². The average Bonchev–Trinajstić information content (AvgIpc) is 3.25. The van der Waals surface area contributed by atoms with Crippen LogP contribution in [0.5, 0.6) is 5.75 Å². The number of anilines is 1. The van der Waals surface area contributed by atoms with Crippen molar-refractivity contribution in [1.82, 2.24) is 14.5 Å². The SMILES string of the molecule is COc1ccc(S(=O)(=O)N[C@@H](C)C(=O)OCC(=O)Nc2c(C#N)cnn2-c2ccccc2)cc1. The minimum absolute atomic E-state index is 0.0658. The molecule has 176 valence electrons. The molecule has 0 fully saturated rings. The highest BCUT2D eigenvalue weighted by atomic mass is 32.2. The standard InChI is InChI=1S/C22H21N5O6S/c1-15(26-34(30,31)19-10-8-18(32-2)9-11-19)22(29)33-14-20(28)25-21-16(12-23)13-24-27(21)17-6-4-3-5-7-17/h3-11,13,15,26H,14H2,1-2H3,(H,25,28)/t15-/m0/s1. The van der Waals surface area contributed by atoms with Crippen LogP contribution in [0.15, 0.2) is 65.7 Å². The first kappa shape index (κ1) is 24.4. The predicted molar refractivity (Wildman–Crippen MR) is 121 cm³/mol. The summed E-state index contributed by atoms with van der Waals surface area (Å²) in [5.41, 5.74) is 0.724. The fraction of sp³-hybridized carbons (Fsp3) is 0.182. The Morgan fingerprint density at radius 1 is 1.15 bits per heavy atom. The van der Waals surface area contributed by atoms with Gasteiger partial charge >= 0.3 is 5.97 Å². The van der Waals surface area contributed by atoms with Crippen molar-refractivity contribution in [2.24, 2.45) is 0 Å². The zero-order valence-corrected chi connectivity index (χ0v) is 19.1. The topological polar surface area (TPSA) is 152 Å². The Morgan fingerprint density at radius 2 is 1.82 bits per heavy atom. The summed E-state index contributed by atoms with van der Waals surface area (Å²) in [4.78, 5) is 24.6. The quantitative estimate of drug-likeness (QED) is 0.435. The first-order valence-electron chi connectivity index (χ1n) is 9.91. The number of sulfonamides is 1. The van der Waals surface area contributed by atoms with E-state index in [0.717, 1.165) is 0 Å². The Morgan fingerprint density at radius 3 is 2.44 bits per heavy atom. The molecule has 0 aliphatic carbocycles. The van der Waals surface area contributed by atoms with Crippen LogP contribution in [-0.4, -0.2) is 49.8 Å². The van der Waals surface area contributed by atoms with E-state index in [2.05, 4.69) is 15.1 Å². The van der Waals surface area contributed by atoms with Crippen LogP contribution in [0.1, 0.15) is 12.5 Å². The number of carbonyl (C=O) groups excluding carboxylic acids is 2. The maximum Gasteiger partial charge on any atom is 0.324 e. The third kappa shape index (κ3) is 5.77. The summed E-state index contributed by atoms with van der Waals surface area (Å²) in [5.74, 6) is -1.09. The summed E-state index contributed by atoms with van der Waals surface area (Å²) in [6.07, 6.45) is 1.30. The molecule has 2 aromatic carbocycles. The molecule has 3 aromatic rings. The lowest BCUT2D eigenvalue weighted by molar-refractivity contribution is -0.148. The minimum Gasteiger partial charge on any atom is -0.497 e. The van der Waals surface area contributed by atoms with Crippen molar-refractivity contribution < 1.29 is 27.5 Å². The number of amides is 1. The van der Waals surface area contributed by atoms with Crippen LogP contribution < -0.4 is 14.8 Å². The van der Waals surface area contributed by atoms with Gasteiger partial charge in [-0.25, -0.2) is 13.1 Å². The highest BCUT2D eigenvalue weighted by molar-refractivity contribution is 7.89. The molecule has 0 bridgehead atoms. The van der Waals surface area contributed by atoms with Gasteiger partial charge in [0.25, 0.3) is 5.91 Å². The third-order valence-corrected chi connectivity index (χ3v) is 6.11. The molecule has 1 aromatic heterocycles. The van der Waals surface area contributed by atoms with Gasteiger partial charge in [-0.2, -0.15) is 15.1 Å². The molecule has 0 unspecified atom stereocenters. The molecule has 0 radical (unpaired) electrons. The van der Waals surface area contributed by atoms with E-state index in [0.29, 0.717) is 11.4 Å². The second-order valence-electron chi connectivity index (χ2n) is 6.94. The van der Waals surface area contributed by atoms with Gasteiger partial charge in [0, 0.05) is 0 Å². The van der Waals surface area contributed by atoms with Crippen LogP contribution in [0, 0.1) is 11.3 Å². The monoisotopic (exact) mass is 483 g/mol. The Bertz CT molecular complexity index is 1310. The summed E-state index contributed by atoms with van der Waals surface area (Å²) in [6.45, 7) is 0.595. The summed E-state index contributed by atoms with van der Waals surface area (Å²) in [5, 5.41) is 15.9. The van der Waals surface area contributed by atoms with Gasteiger partial charge < -0.3 is 14.8 Å². The van der Waals surface area contributed by atoms with E-state index >= 15 is 0 Å². The maximum atomic E-state index is 12.5. The van der Waals surface area contributed by atoms with E-state index in [9.17, 15) is 23.3 Å². The van der Waals surface area contributed by atoms with E-state index in [1.165, 1.54) is 49.2 Å². The number of carbonyl (C=O) groups is 2. The number of nitrogens with one attached hydrogen (secondary N) is 2. The largest absolute Gasteiger partial charge is 0.497 e. The molecule has 3 rings (SSSR count). The van der Waals surface area contributed by atoms with Crippen molar-refractivity contribution in [3.8, 4) is 17.5 Å². The molecule has 0 aliphatic rings. The Balaban J connectivity index is 1.60.